The van der Waals surface area contributed by atoms with Crippen LogP contribution in [0.25, 0.3) is 50.2 Å². The van der Waals surface area contributed by atoms with Crippen molar-refractivity contribution in [2.75, 3.05) is 73.0 Å². The summed E-state index contributed by atoms with van der Waals surface area (Å²) in [7, 11) is 7.78. The Hall–Kier alpha value is -9.80. The number of nitrogens with zero attached hydrogens (tertiary/aromatic N) is 16. The molecule has 17 heterocycles. The van der Waals surface area contributed by atoms with Gasteiger partial charge in [0.15, 0.2) is 0 Å². The minimum Gasteiger partial charge on any atom is -0.470 e. The summed E-state index contributed by atoms with van der Waals surface area (Å²) in [5, 5.41) is 28.1. The van der Waals surface area contributed by atoms with Gasteiger partial charge in [0.2, 0.25) is 17.6 Å². The van der Waals surface area contributed by atoms with Crippen LogP contribution in [0, 0.1) is 0 Å². The molecule has 5 aliphatic heterocycles. The Morgan fingerprint density at radius 1 is 0.435 bits per heavy atom. The van der Waals surface area contributed by atoms with Crippen molar-refractivity contribution in [3.05, 3.63) is 157 Å². The molecule has 0 bridgehead atoms. The van der Waals surface area contributed by atoms with E-state index >= 15 is 0 Å². The number of hydrogen-bond donors (Lipinski definition) is 3. The largest absolute Gasteiger partial charge is 0.470 e. The van der Waals surface area contributed by atoms with Gasteiger partial charge in [0.25, 0.3) is 17.7 Å². The molecule has 12 aromatic rings. The molecule has 3 N–H and O–H groups in total. The highest BCUT2D eigenvalue weighted by Crippen LogP contribution is 2.35. The second-order valence-corrected chi connectivity index (χ2v) is 31.3. The second-order valence-electron chi connectivity index (χ2n) is 28.3. The monoisotopic (exact) mass is 1520 g/mol. The molecule has 4 atom stereocenters. The smallest absolute Gasteiger partial charge is 0.252 e. The van der Waals surface area contributed by atoms with Gasteiger partial charge in [0, 0.05) is 146 Å². The van der Waals surface area contributed by atoms with Crippen LogP contribution in [0.4, 0.5) is 0 Å². The van der Waals surface area contributed by atoms with E-state index in [0.29, 0.717) is 130 Å². The number of carbonyl (C=O) groups is 3. The number of rotatable bonds is 21. The molecule has 5 saturated heterocycles. The van der Waals surface area contributed by atoms with Crippen molar-refractivity contribution >= 4 is 84.8 Å². The number of piperidine rings is 1. The van der Waals surface area contributed by atoms with Crippen LogP contribution in [0.3, 0.4) is 0 Å². The van der Waals surface area contributed by atoms with E-state index in [0.717, 1.165) is 129 Å². The van der Waals surface area contributed by atoms with E-state index in [1.54, 1.807) is 55.3 Å². The summed E-state index contributed by atoms with van der Waals surface area (Å²) in [4.78, 5) is 72.6. The van der Waals surface area contributed by atoms with E-state index in [-0.39, 0.29) is 48.1 Å². The van der Waals surface area contributed by atoms with Gasteiger partial charge >= 0.3 is 0 Å². The SMILES string of the molecule is CN1CCC(NC(=O)c2csc(Cc3nc(O[C@H]4CCOC4)c4c(ccn4-c4cnn(C)c4)n3)c2)CC1.Cn1cc(-n2ccc3nc(Cc4cc(C(=O)NC5CCCCC5)cs4)nc(O[C@H]4CCOC4)c32)cn1.Cn1cc(-n2ccc3nc(Cc4cc(C(=O)N[C@@H]5CCOC5)cs4)nc(O[C@H]4CCOC4)c32)cn1. The number of aromatic nitrogens is 15. The molecule has 18 rings (SSSR count). The van der Waals surface area contributed by atoms with E-state index in [1.807, 2.05) is 125 Å². The summed E-state index contributed by atoms with van der Waals surface area (Å²) in [6, 6.07) is 12.3. The predicted octanol–water partition coefficient (Wildman–Crippen LogP) is 9.33. The summed E-state index contributed by atoms with van der Waals surface area (Å²) in [5.74, 6) is 3.53. The van der Waals surface area contributed by atoms with E-state index < -0.39 is 0 Å². The van der Waals surface area contributed by atoms with Crippen molar-refractivity contribution in [2.24, 2.45) is 21.1 Å². The Morgan fingerprint density at radius 2 is 0.787 bits per heavy atom. The number of likely N-dealkylation sites (tertiary alicyclic amines) is 1. The molecule has 0 aromatic carbocycles. The minimum atomic E-state index is -0.0711. The fraction of sp³-hybridized carbons (Fsp3) is 0.447. The lowest BCUT2D eigenvalue weighted by Crippen LogP contribution is -2.43. The zero-order valence-corrected chi connectivity index (χ0v) is 63.2. The number of fused-ring (bicyclic) bond motifs is 3. The van der Waals surface area contributed by atoms with E-state index in [9.17, 15) is 14.4 Å². The molecule has 0 unspecified atom stereocenters. The molecule has 6 aliphatic rings. The fourth-order valence-corrected chi connectivity index (χ4v) is 16.9. The van der Waals surface area contributed by atoms with Crippen molar-refractivity contribution in [1.29, 1.82) is 0 Å². The lowest BCUT2D eigenvalue weighted by atomic mass is 9.95. The molecular formula is C76H87N19O10S3. The van der Waals surface area contributed by atoms with Gasteiger partial charge < -0.3 is 67.7 Å². The molecule has 12 aromatic heterocycles. The number of nitrogens with one attached hydrogen (secondary N) is 3. The molecule has 32 heteroatoms. The van der Waals surface area contributed by atoms with Crippen LogP contribution in [0.1, 0.15) is 134 Å². The Morgan fingerprint density at radius 3 is 1.12 bits per heavy atom. The number of thiophene rings is 3. The van der Waals surface area contributed by atoms with E-state index in [4.69, 9.17) is 63.1 Å². The van der Waals surface area contributed by atoms with Crippen LogP contribution < -0.4 is 30.2 Å². The molecule has 564 valence electrons. The maximum absolute atomic E-state index is 12.8. The van der Waals surface area contributed by atoms with Crippen LogP contribution in [0.15, 0.2) is 108 Å². The maximum Gasteiger partial charge on any atom is 0.252 e. The first-order chi connectivity index (χ1) is 52.8. The summed E-state index contributed by atoms with van der Waals surface area (Å²) < 4.78 is 52.2. The van der Waals surface area contributed by atoms with Crippen LogP contribution in [-0.2, 0) is 59.4 Å². The third-order valence-corrected chi connectivity index (χ3v) is 22.9. The Bertz CT molecular complexity index is 5100. The van der Waals surface area contributed by atoms with Gasteiger partial charge in [-0.2, -0.15) is 30.2 Å². The summed E-state index contributed by atoms with van der Waals surface area (Å²) in [6.45, 7) is 7.01. The number of aryl methyl sites for hydroxylation is 3. The first-order valence-corrected chi connectivity index (χ1v) is 39.7. The summed E-state index contributed by atoms with van der Waals surface area (Å²) in [6.07, 6.45) is 29.7. The van der Waals surface area contributed by atoms with Crippen molar-refractivity contribution in [1.82, 2.24) is 93.8 Å². The number of hydrogen-bond acceptors (Lipinski definition) is 23. The van der Waals surface area contributed by atoms with Gasteiger partial charge in [-0.15, -0.1) is 34.0 Å². The quantitative estimate of drug-likeness (QED) is 0.0603. The zero-order valence-electron chi connectivity index (χ0n) is 60.8. The first-order valence-electron chi connectivity index (χ1n) is 37.0. The second kappa shape index (κ2) is 33.0. The average Bonchev–Trinajstić information content (AvgIpc) is 1.62. The van der Waals surface area contributed by atoms with Gasteiger partial charge in [-0.05, 0) is 88.6 Å². The molecule has 3 amide bonds. The van der Waals surface area contributed by atoms with Gasteiger partial charge in [-0.1, -0.05) is 19.3 Å². The average molecular weight is 1520 g/mol. The van der Waals surface area contributed by atoms with Crippen LogP contribution in [0.5, 0.6) is 17.6 Å². The van der Waals surface area contributed by atoms with Crippen molar-refractivity contribution in [2.45, 2.75) is 126 Å². The molecule has 1 aliphatic carbocycles. The molecule has 0 spiro atoms. The highest BCUT2D eigenvalue weighted by atomic mass is 32.1. The highest BCUT2D eigenvalue weighted by molar-refractivity contribution is 7.10. The Kier molecular flexibility index (Phi) is 22.1. The van der Waals surface area contributed by atoms with Crippen LogP contribution in [-0.4, -0.2) is 205 Å². The summed E-state index contributed by atoms with van der Waals surface area (Å²) >= 11 is 4.65. The topological polar surface area (TPSA) is 301 Å². The van der Waals surface area contributed by atoms with Gasteiger partial charge in [-0.3, -0.25) is 28.4 Å². The molecule has 1 saturated carbocycles. The molecule has 6 fully saturated rings. The van der Waals surface area contributed by atoms with Crippen LogP contribution >= 0.6 is 34.0 Å². The normalized spacial score (nSPS) is 19.2. The third kappa shape index (κ3) is 17.2. The number of amides is 3. The Labute approximate surface area is 634 Å². The van der Waals surface area contributed by atoms with Crippen molar-refractivity contribution in [3.63, 3.8) is 0 Å². The standard InChI is InChI=1S/C26H31N7O3S.C26H30N6O3S.C24H26N6O4S/c1-31-7-3-18(4-8-31)28-25(34)17-11-21(37-16-17)12-23-29-22-5-9-33(19-13-27-32(2)14-19)24(22)26(30-23)36-20-6-10-35-15-20;1-31-14-19(13-27-31)32-9-7-22-24(32)26(35-20-8-10-34-15-20)30-23(29-22)12-21-11-17(16-36-21)25(33)28-18-5-3-2-4-6-18;1-29-11-17(10-25-29)30-5-2-20-22(30)24(34-18-4-7-33-13-18)28-21(27-20)9-19-8-15(14-35-19)23(31)26-16-3-6-32-12-16/h5,9,11,13-14,16,18,20H,3-4,6-8,10,12,15H2,1-2H3,(H,28,34);7,9,11,13-14,16,18,20H,2-6,8,10,12,15H2,1H3,(H,28,33);2,5,8,10-11,14,16,18H,3-4,6-7,9,12-13H2,1H3,(H,26,31)/t2*20-;16-,18+/m001/s1. The third-order valence-electron chi connectivity index (χ3n) is 20.1. The number of carbonyl (C=O) groups excluding carboxylic acids is 3. The van der Waals surface area contributed by atoms with Gasteiger partial charge in [0.05, 0.1) is 121 Å². The predicted molar refractivity (Wildman–Crippen MR) is 407 cm³/mol. The van der Waals surface area contributed by atoms with Gasteiger partial charge in [0.1, 0.15) is 52.3 Å². The molecule has 0 radical (unpaired) electrons. The van der Waals surface area contributed by atoms with Crippen LogP contribution in [0.2, 0.25) is 0 Å². The molecule has 29 nitrogen and oxygen atoms in total. The van der Waals surface area contributed by atoms with Crippen molar-refractivity contribution < 1.29 is 47.5 Å². The van der Waals surface area contributed by atoms with Crippen molar-refractivity contribution in [3.8, 4) is 34.7 Å². The van der Waals surface area contributed by atoms with E-state index in [1.165, 1.54) is 30.6 Å². The lowest BCUT2D eigenvalue weighted by Gasteiger charge is -2.29. The van der Waals surface area contributed by atoms with Gasteiger partial charge in [-0.25, -0.2) is 15.0 Å². The highest BCUT2D eigenvalue weighted by Gasteiger charge is 2.29. The molecular weight excluding hydrogens is 1440 g/mol. The fourth-order valence-electron chi connectivity index (χ4n) is 14.3. The lowest BCUT2D eigenvalue weighted by molar-refractivity contribution is 0.0912. The molecule has 108 heavy (non-hydrogen) atoms. The van der Waals surface area contributed by atoms with E-state index in [2.05, 4.69) is 43.2 Å². The number of ether oxygens (including phenoxy) is 7. The minimum absolute atomic E-state index is 0.00720. The first kappa shape index (κ1) is 72.4. The zero-order chi connectivity index (χ0) is 73.6. The Balaban J connectivity index is 0.000000124. The summed E-state index contributed by atoms with van der Waals surface area (Å²) in [5.41, 5.74) is 9.65. The maximum atomic E-state index is 12.8.